The molecule has 1 aliphatic heterocycles. The molecule has 2 amide bonds. The van der Waals surface area contributed by atoms with Gasteiger partial charge in [0.25, 0.3) is 0 Å². The SMILES string of the molecule is COC(=O)C(C)NC(=O)Nc1ccc2c(c1)OCCO2. The first kappa shape index (κ1) is 14.0. The van der Waals surface area contributed by atoms with Crippen molar-refractivity contribution in [3.63, 3.8) is 0 Å². The summed E-state index contributed by atoms with van der Waals surface area (Å²) in [5, 5.41) is 5.07. The maximum absolute atomic E-state index is 11.7. The van der Waals surface area contributed by atoms with Crippen LogP contribution >= 0.6 is 0 Å². The van der Waals surface area contributed by atoms with Crippen molar-refractivity contribution in [2.24, 2.45) is 0 Å². The molecule has 1 unspecified atom stereocenters. The predicted molar refractivity (Wildman–Crippen MR) is 71.1 cm³/mol. The van der Waals surface area contributed by atoms with E-state index in [2.05, 4.69) is 15.4 Å². The first-order valence-corrected chi connectivity index (χ1v) is 6.15. The summed E-state index contributed by atoms with van der Waals surface area (Å²) in [6.45, 7) is 2.52. The van der Waals surface area contributed by atoms with Crippen LogP contribution in [0.25, 0.3) is 0 Å². The van der Waals surface area contributed by atoms with Crippen molar-refractivity contribution in [1.29, 1.82) is 0 Å². The number of esters is 1. The Labute approximate surface area is 116 Å². The highest BCUT2D eigenvalue weighted by atomic mass is 16.6. The lowest BCUT2D eigenvalue weighted by Gasteiger charge is -2.19. The number of fused-ring (bicyclic) bond motifs is 1. The van der Waals surface area contributed by atoms with Gasteiger partial charge in [-0.25, -0.2) is 9.59 Å². The second kappa shape index (κ2) is 6.14. The molecule has 7 heteroatoms. The van der Waals surface area contributed by atoms with Gasteiger partial charge in [-0.3, -0.25) is 0 Å². The number of methoxy groups -OCH3 is 1. The van der Waals surface area contributed by atoms with Gasteiger partial charge in [0.05, 0.1) is 7.11 Å². The van der Waals surface area contributed by atoms with E-state index in [0.29, 0.717) is 30.4 Å². The van der Waals surface area contributed by atoms with Crippen LogP contribution in [0.4, 0.5) is 10.5 Å². The second-order valence-electron chi connectivity index (χ2n) is 4.20. The summed E-state index contributed by atoms with van der Waals surface area (Å²) in [6, 6.07) is 3.84. The Bertz CT molecular complexity index is 517. The number of carbonyl (C=O) groups excluding carboxylic acids is 2. The zero-order chi connectivity index (χ0) is 14.5. The highest BCUT2D eigenvalue weighted by Crippen LogP contribution is 2.32. The molecule has 0 fully saturated rings. The van der Waals surface area contributed by atoms with Gasteiger partial charge in [-0.05, 0) is 19.1 Å². The lowest BCUT2D eigenvalue weighted by molar-refractivity contribution is -0.142. The van der Waals surface area contributed by atoms with E-state index in [1.807, 2.05) is 0 Å². The van der Waals surface area contributed by atoms with Gasteiger partial charge in [0.15, 0.2) is 11.5 Å². The predicted octanol–water partition coefficient (Wildman–Crippen LogP) is 1.14. The van der Waals surface area contributed by atoms with Crippen LogP contribution in [0.3, 0.4) is 0 Å². The summed E-state index contributed by atoms with van der Waals surface area (Å²) in [7, 11) is 1.26. The quantitative estimate of drug-likeness (QED) is 0.811. The van der Waals surface area contributed by atoms with Crippen LogP contribution in [0.1, 0.15) is 6.92 Å². The molecule has 0 radical (unpaired) electrons. The van der Waals surface area contributed by atoms with Crippen molar-refractivity contribution in [1.82, 2.24) is 5.32 Å². The minimum atomic E-state index is -0.725. The van der Waals surface area contributed by atoms with Gasteiger partial charge in [0, 0.05) is 11.8 Å². The molecule has 1 aromatic rings. The largest absolute Gasteiger partial charge is 0.486 e. The molecule has 1 aromatic carbocycles. The van der Waals surface area contributed by atoms with Crippen LogP contribution in [0.2, 0.25) is 0 Å². The average Bonchev–Trinajstić information content (AvgIpc) is 2.46. The summed E-state index contributed by atoms with van der Waals surface area (Å²) in [6.07, 6.45) is 0. The van der Waals surface area contributed by atoms with E-state index >= 15 is 0 Å². The second-order valence-corrected chi connectivity index (χ2v) is 4.20. The smallest absolute Gasteiger partial charge is 0.328 e. The molecule has 0 saturated heterocycles. The zero-order valence-electron chi connectivity index (χ0n) is 11.3. The summed E-state index contributed by atoms with van der Waals surface area (Å²) in [5.41, 5.74) is 0.545. The third-order valence-corrected chi connectivity index (χ3v) is 2.70. The molecular formula is C13H16N2O5. The van der Waals surface area contributed by atoms with Gasteiger partial charge >= 0.3 is 12.0 Å². The molecule has 1 aliphatic rings. The zero-order valence-corrected chi connectivity index (χ0v) is 11.3. The van der Waals surface area contributed by atoms with E-state index < -0.39 is 18.0 Å². The number of ether oxygens (including phenoxy) is 3. The minimum absolute atomic E-state index is 0.474. The number of hydrogen-bond donors (Lipinski definition) is 2. The Morgan fingerprint density at radius 1 is 1.25 bits per heavy atom. The van der Waals surface area contributed by atoms with E-state index in [4.69, 9.17) is 9.47 Å². The molecule has 0 aromatic heterocycles. The van der Waals surface area contributed by atoms with E-state index in [0.717, 1.165) is 0 Å². The Morgan fingerprint density at radius 3 is 2.65 bits per heavy atom. The van der Waals surface area contributed by atoms with Crippen molar-refractivity contribution in [2.45, 2.75) is 13.0 Å². The van der Waals surface area contributed by atoms with Crippen molar-refractivity contribution in [3.05, 3.63) is 18.2 Å². The molecule has 2 N–H and O–H groups in total. The Kier molecular flexibility index (Phi) is 4.29. The fourth-order valence-corrected chi connectivity index (χ4v) is 1.72. The number of rotatable bonds is 3. The molecule has 1 atom stereocenters. The Morgan fingerprint density at radius 2 is 1.95 bits per heavy atom. The first-order valence-electron chi connectivity index (χ1n) is 6.15. The monoisotopic (exact) mass is 280 g/mol. The lowest BCUT2D eigenvalue weighted by atomic mass is 10.2. The average molecular weight is 280 g/mol. The van der Waals surface area contributed by atoms with E-state index in [9.17, 15) is 9.59 Å². The number of carbonyl (C=O) groups is 2. The van der Waals surface area contributed by atoms with Crippen LogP contribution in [0.15, 0.2) is 18.2 Å². The third kappa shape index (κ3) is 3.31. The van der Waals surface area contributed by atoms with E-state index in [1.165, 1.54) is 14.0 Å². The fourth-order valence-electron chi connectivity index (χ4n) is 1.72. The van der Waals surface area contributed by atoms with Crippen LogP contribution in [-0.2, 0) is 9.53 Å². The van der Waals surface area contributed by atoms with Gasteiger partial charge in [-0.1, -0.05) is 0 Å². The van der Waals surface area contributed by atoms with E-state index in [1.54, 1.807) is 18.2 Å². The molecule has 7 nitrogen and oxygen atoms in total. The summed E-state index contributed by atoms with van der Waals surface area (Å²) >= 11 is 0. The maximum Gasteiger partial charge on any atom is 0.328 e. The number of nitrogens with one attached hydrogen (secondary N) is 2. The molecule has 1 heterocycles. The molecule has 108 valence electrons. The molecule has 2 rings (SSSR count). The van der Waals surface area contributed by atoms with Crippen LogP contribution in [0.5, 0.6) is 11.5 Å². The van der Waals surface area contributed by atoms with Gasteiger partial charge in [0.1, 0.15) is 19.3 Å². The molecule has 0 saturated carbocycles. The summed E-state index contributed by atoms with van der Waals surface area (Å²) in [5.74, 6) is 0.711. The molecule has 0 spiro atoms. The van der Waals surface area contributed by atoms with Gasteiger partial charge in [0.2, 0.25) is 0 Å². The molecule has 0 aliphatic carbocycles. The molecular weight excluding hydrogens is 264 g/mol. The van der Waals surface area contributed by atoms with Crippen molar-refractivity contribution < 1.29 is 23.8 Å². The normalized spacial score (nSPS) is 14.1. The topological polar surface area (TPSA) is 85.9 Å². The van der Waals surface area contributed by atoms with Crippen LogP contribution in [0, 0.1) is 0 Å². The number of benzene rings is 1. The number of urea groups is 1. The van der Waals surface area contributed by atoms with Crippen molar-refractivity contribution in [3.8, 4) is 11.5 Å². The van der Waals surface area contributed by atoms with Crippen LogP contribution in [-0.4, -0.2) is 38.4 Å². The number of anilines is 1. The fraction of sp³-hybridized carbons (Fsp3) is 0.385. The number of amides is 2. The maximum atomic E-state index is 11.7. The van der Waals surface area contributed by atoms with Gasteiger partial charge in [-0.2, -0.15) is 0 Å². The first-order chi connectivity index (χ1) is 9.60. The Balaban J connectivity index is 1.96. The van der Waals surface area contributed by atoms with Crippen LogP contribution < -0.4 is 20.1 Å². The van der Waals surface area contributed by atoms with Gasteiger partial charge < -0.3 is 24.8 Å². The minimum Gasteiger partial charge on any atom is -0.486 e. The molecule has 20 heavy (non-hydrogen) atoms. The lowest BCUT2D eigenvalue weighted by Crippen LogP contribution is -2.41. The standard InChI is InChI=1S/C13H16N2O5/c1-8(12(16)18-2)14-13(17)15-9-3-4-10-11(7-9)20-6-5-19-10/h3-4,7-8H,5-6H2,1-2H3,(H2,14,15,17). The Hall–Kier alpha value is -2.44. The van der Waals surface area contributed by atoms with Crippen molar-refractivity contribution >= 4 is 17.7 Å². The van der Waals surface area contributed by atoms with Crippen molar-refractivity contribution in [2.75, 3.05) is 25.6 Å². The highest BCUT2D eigenvalue weighted by molar-refractivity contribution is 5.92. The summed E-state index contributed by atoms with van der Waals surface area (Å²) in [4.78, 5) is 22.9. The van der Waals surface area contributed by atoms with Gasteiger partial charge in [-0.15, -0.1) is 0 Å². The highest BCUT2D eigenvalue weighted by Gasteiger charge is 2.17. The molecule has 0 bridgehead atoms. The third-order valence-electron chi connectivity index (χ3n) is 2.70. The van der Waals surface area contributed by atoms with E-state index in [-0.39, 0.29) is 0 Å². The number of hydrogen-bond acceptors (Lipinski definition) is 5. The summed E-state index contributed by atoms with van der Waals surface area (Å²) < 4.78 is 15.3.